The SMILES string of the molecule is COCC(O)c1ccc(F)c(F)c1Br. The molecule has 1 aromatic rings. The molecule has 0 aromatic heterocycles. The van der Waals surface area contributed by atoms with E-state index >= 15 is 0 Å². The predicted octanol–water partition coefficient (Wildman–Crippen LogP) is 2.41. The van der Waals surface area contributed by atoms with Gasteiger partial charge in [0.1, 0.15) is 6.10 Å². The molecule has 1 N–H and O–H groups in total. The molecule has 0 fully saturated rings. The summed E-state index contributed by atoms with van der Waals surface area (Å²) in [5.74, 6) is -1.96. The molecule has 0 heterocycles. The lowest BCUT2D eigenvalue weighted by Gasteiger charge is -2.12. The highest BCUT2D eigenvalue weighted by atomic mass is 79.9. The van der Waals surface area contributed by atoms with Crippen LogP contribution in [0.5, 0.6) is 0 Å². The van der Waals surface area contributed by atoms with Crippen molar-refractivity contribution in [2.24, 2.45) is 0 Å². The van der Waals surface area contributed by atoms with Gasteiger partial charge in [-0.1, -0.05) is 6.07 Å². The van der Waals surface area contributed by atoms with Crippen LogP contribution in [-0.4, -0.2) is 18.8 Å². The molecular formula is C9H9BrF2O2. The minimum Gasteiger partial charge on any atom is -0.386 e. The zero-order valence-electron chi connectivity index (χ0n) is 7.43. The van der Waals surface area contributed by atoms with Crippen LogP contribution in [0.2, 0.25) is 0 Å². The number of benzene rings is 1. The Kier molecular flexibility index (Phi) is 3.97. The quantitative estimate of drug-likeness (QED) is 0.852. The van der Waals surface area contributed by atoms with Crippen LogP contribution in [0.3, 0.4) is 0 Å². The van der Waals surface area contributed by atoms with Gasteiger partial charge in [-0.3, -0.25) is 0 Å². The van der Waals surface area contributed by atoms with E-state index in [-0.39, 0.29) is 16.6 Å². The summed E-state index contributed by atoms with van der Waals surface area (Å²) in [6, 6.07) is 2.28. The molecule has 0 aliphatic carbocycles. The molecule has 1 aromatic carbocycles. The summed E-state index contributed by atoms with van der Waals surface area (Å²) in [7, 11) is 1.41. The van der Waals surface area contributed by atoms with Crippen molar-refractivity contribution in [3.63, 3.8) is 0 Å². The standard InChI is InChI=1S/C9H9BrF2O2/c1-14-4-7(13)5-2-3-6(11)9(12)8(5)10/h2-3,7,13H,4H2,1H3. The van der Waals surface area contributed by atoms with Crippen molar-refractivity contribution in [1.29, 1.82) is 0 Å². The topological polar surface area (TPSA) is 29.5 Å². The van der Waals surface area contributed by atoms with Crippen LogP contribution in [-0.2, 0) is 4.74 Å². The molecule has 0 spiro atoms. The number of hydrogen-bond donors (Lipinski definition) is 1. The highest BCUT2D eigenvalue weighted by molar-refractivity contribution is 9.10. The average molecular weight is 267 g/mol. The fourth-order valence-electron chi connectivity index (χ4n) is 1.05. The molecule has 0 amide bonds. The number of ether oxygens (including phenoxy) is 1. The Balaban J connectivity index is 3.04. The van der Waals surface area contributed by atoms with Crippen LogP contribution in [0.15, 0.2) is 16.6 Å². The van der Waals surface area contributed by atoms with E-state index in [1.165, 1.54) is 13.2 Å². The molecule has 1 rings (SSSR count). The summed E-state index contributed by atoms with van der Waals surface area (Å²) >= 11 is 2.87. The minimum absolute atomic E-state index is 0.0314. The van der Waals surface area contributed by atoms with Gasteiger partial charge in [0.25, 0.3) is 0 Å². The molecule has 1 atom stereocenters. The summed E-state index contributed by atoms with van der Waals surface area (Å²) in [4.78, 5) is 0. The van der Waals surface area contributed by atoms with Crippen molar-refractivity contribution in [3.05, 3.63) is 33.8 Å². The van der Waals surface area contributed by atoms with E-state index in [9.17, 15) is 13.9 Å². The van der Waals surface area contributed by atoms with Crippen LogP contribution in [0.1, 0.15) is 11.7 Å². The Labute approximate surface area is 88.6 Å². The molecule has 2 nitrogen and oxygen atoms in total. The normalized spacial score (nSPS) is 12.9. The van der Waals surface area contributed by atoms with E-state index in [2.05, 4.69) is 15.9 Å². The molecule has 78 valence electrons. The first-order valence-corrected chi connectivity index (χ1v) is 4.67. The van der Waals surface area contributed by atoms with Gasteiger partial charge in [-0.25, -0.2) is 8.78 Å². The number of aliphatic hydroxyl groups is 1. The Morgan fingerprint density at radius 1 is 1.50 bits per heavy atom. The first-order valence-electron chi connectivity index (χ1n) is 3.88. The van der Waals surface area contributed by atoms with E-state index in [0.717, 1.165) is 6.07 Å². The number of halogens is 3. The summed E-state index contributed by atoms with van der Waals surface area (Å²) in [5, 5.41) is 9.47. The fraction of sp³-hybridized carbons (Fsp3) is 0.333. The van der Waals surface area contributed by atoms with Crippen molar-refractivity contribution >= 4 is 15.9 Å². The van der Waals surface area contributed by atoms with E-state index in [4.69, 9.17) is 4.74 Å². The smallest absolute Gasteiger partial charge is 0.173 e. The number of rotatable bonds is 3. The lowest BCUT2D eigenvalue weighted by Crippen LogP contribution is -2.07. The van der Waals surface area contributed by atoms with Gasteiger partial charge in [0.05, 0.1) is 11.1 Å². The van der Waals surface area contributed by atoms with Crippen LogP contribution in [0, 0.1) is 11.6 Å². The highest BCUT2D eigenvalue weighted by Gasteiger charge is 2.16. The fourth-order valence-corrected chi connectivity index (χ4v) is 1.63. The molecule has 0 radical (unpaired) electrons. The maximum absolute atomic E-state index is 13.0. The van der Waals surface area contributed by atoms with Gasteiger partial charge in [-0.2, -0.15) is 0 Å². The van der Waals surface area contributed by atoms with Gasteiger partial charge in [0.15, 0.2) is 11.6 Å². The second-order valence-electron chi connectivity index (χ2n) is 2.74. The Morgan fingerprint density at radius 2 is 2.14 bits per heavy atom. The molecule has 0 bridgehead atoms. The molecule has 0 aliphatic heterocycles. The maximum atomic E-state index is 13.0. The second kappa shape index (κ2) is 4.82. The van der Waals surface area contributed by atoms with Crippen molar-refractivity contribution < 1.29 is 18.6 Å². The molecule has 1 unspecified atom stereocenters. The van der Waals surface area contributed by atoms with Crippen molar-refractivity contribution in [1.82, 2.24) is 0 Å². The molecule has 0 saturated carbocycles. The third-order valence-corrected chi connectivity index (χ3v) is 2.55. The van der Waals surface area contributed by atoms with Crippen LogP contribution >= 0.6 is 15.9 Å². The Morgan fingerprint density at radius 3 is 2.71 bits per heavy atom. The lowest BCUT2D eigenvalue weighted by molar-refractivity contribution is 0.0636. The maximum Gasteiger partial charge on any atom is 0.173 e. The molecule has 0 aliphatic rings. The van der Waals surface area contributed by atoms with Crippen LogP contribution in [0.25, 0.3) is 0 Å². The van der Waals surface area contributed by atoms with Crippen molar-refractivity contribution in [2.75, 3.05) is 13.7 Å². The predicted molar refractivity (Wildman–Crippen MR) is 50.9 cm³/mol. The van der Waals surface area contributed by atoms with E-state index in [1.54, 1.807) is 0 Å². The first-order chi connectivity index (χ1) is 6.57. The number of hydrogen-bond acceptors (Lipinski definition) is 2. The molecule has 0 saturated heterocycles. The van der Waals surface area contributed by atoms with Crippen molar-refractivity contribution in [3.8, 4) is 0 Å². The van der Waals surface area contributed by atoms with E-state index in [1.807, 2.05) is 0 Å². The molecular weight excluding hydrogens is 258 g/mol. The van der Waals surface area contributed by atoms with Crippen molar-refractivity contribution in [2.45, 2.75) is 6.10 Å². The second-order valence-corrected chi connectivity index (χ2v) is 3.53. The number of aliphatic hydroxyl groups excluding tert-OH is 1. The van der Waals surface area contributed by atoms with Gasteiger partial charge >= 0.3 is 0 Å². The molecule has 14 heavy (non-hydrogen) atoms. The zero-order chi connectivity index (χ0) is 10.7. The van der Waals surface area contributed by atoms with Gasteiger partial charge in [-0.05, 0) is 22.0 Å². The van der Waals surface area contributed by atoms with E-state index < -0.39 is 17.7 Å². The van der Waals surface area contributed by atoms with Gasteiger partial charge in [-0.15, -0.1) is 0 Å². The summed E-state index contributed by atoms with van der Waals surface area (Å²) in [6.07, 6.45) is -0.968. The summed E-state index contributed by atoms with van der Waals surface area (Å²) in [6.45, 7) is 0.0314. The first kappa shape index (κ1) is 11.6. The number of methoxy groups -OCH3 is 1. The Bertz CT molecular complexity index is 331. The highest BCUT2D eigenvalue weighted by Crippen LogP contribution is 2.27. The van der Waals surface area contributed by atoms with E-state index in [0.29, 0.717) is 0 Å². The summed E-state index contributed by atoms with van der Waals surface area (Å²) < 4.78 is 30.3. The third kappa shape index (κ3) is 2.29. The third-order valence-electron chi connectivity index (χ3n) is 1.75. The van der Waals surface area contributed by atoms with Crippen LogP contribution < -0.4 is 0 Å². The average Bonchev–Trinajstić information content (AvgIpc) is 2.15. The zero-order valence-corrected chi connectivity index (χ0v) is 9.01. The largest absolute Gasteiger partial charge is 0.386 e. The lowest BCUT2D eigenvalue weighted by atomic mass is 10.1. The van der Waals surface area contributed by atoms with Crippen LogP contribution in [0.4, 0.5) is 8.78 Å². The summed E-state index contributed by atoms with van der Waals surface area (Å²) in [5.41, 5.74) is 0.269. The Hall–Kier alpha value is -0.520. The monoisotopic (exact) mass is 266 g/mol. The van der Waals surface area contributed by atoms with Gasteiger partial charge in [0, 0.05) is 12.7 Å². The van der Waals surface area contributed by atoms with Gasteiger partial charge in [0.2, 0.25) is 0 Å². The van der Waals surface area contributed by atoms with Gasteiger partial charge < -0.3 is 9.84 Å². The molecule has 5 heteroatoms. The minimum atomic E-state index is -1.00.